The molecule has 0 aromatic heterocycles. The molecule has 1 N–H and O–H groups in total. The lowest BCUT2D eigenvalue weighted by atomic mass is 10.1. The molecule has 2 aromatic rings. The fraction of sp³-hybridized carbons (Fsp3) is 0.455. The maximum atomic E-state index is 13.8. The van der Waals surface area contributed by atoms with Crippen molar-refractivity contribution in [2.24, 2.45) is 0 Å². The van der Waals surface area contributed by atoms with Crippen LogP contribution in [0.4, 0.5) is 4.39 Å². The van der Waals surface area contributed by atoms with Crippen molar-refractivity contribution in [3.05, 3.63) is 64.4 Å². The van der Waals surface area contributed by atoms with Crippen LogP contribution in [0.15, 0.2) is 42.5 Å². The number of ether oxygens (including phenoxy) is 1. The van der Waals surface area contributed by atoms with E-state index in [0.29, 0.717) is 10.6 Å². The van der Waals surface area contributed by atoms with Crippen molar-refractivity contribution in [3.8, 4) is 5.75 Å². The van der Waals surface area contributed by atoms with Crippen molar-refractivity contribution < 1.29 is 9.13 Å². The quantitative estimate of drug-likeness (QED) is 0.426. The van der Waals surface area contributed by atoms with Crippen molar-refractivity contribution in [1.82, 2.24) is 5.32 Å². The number of hydrogen-bond acceptors (Lipinski definition) is 2. The van der Waals surface area contributed by atoms with Gasteiger partial charge in [-0.1, -0.05) is 68.8 Å². The van der Waals surface area contributed by atoms with Crippen LogP contribution in [0.5, 0.6) is 5.75 Å². The van der Waals surface area contributed by atoms with Gasteiger partial charge in [-0.25, -0.2) is 4.39 Å². The standard InChI is InChI=1S/C22H29ClFNO/c1-2-3-4-5-6-7-14-25-16-18-10-8-11-19(15-18)26-17-20-21(23)12-9-13-22(20)24/h8-13,15,25H,2-7,14,16-17H2,1H3. The molecule has 2 nitrogen and oxygen atoms in total. The van der Waals surface area contributed by atoms with Crippen LogP contribution >= 0.6 is 11.6 Å². The number of benzene rings is 2. The van der Waals surface area contributed by atoms with Crippen LogP contribution in [0.25, 0.3) is 0 Å². The summed E-state index contributed by atoms with van der Waals surface area (Å²) in [5.41, 5.74) is 1.55. The fourth-order valence-electron chi connectivity index (χ4n) is 2.83. The van der Waals surface area contributed by atoms with Crippen molar-refractivity contribution in [2.45, 2.75) is 58.6 Å². The third kappa shape index (κ3) is 7.35. The third-order valence-corrected chi connectivity index (χ3v) is 4.73. The van der Waals surface area contributed by atoms with Crippen LogP contribution in [0.2, 0.25) is 5.02 Å². The van der Waals surface area contributed by atoms with Crippen LogP contribution in [0.1, 0.15) is 56.6 Å². The van der Waals surface area contributed by atoms with E-state index in [4.69, 9.17) is 16.3 Å². The molecule has 142 valence electrons. The lowest BCUT2D eigenvalue weighted by Gasteiger charge is -2.10. The Bertz CT molecular complexity index is 642. The second-order valence-electron chi connectivity index (χ2n) is 6.58. The molecule has 0 spiro atoms. The molecule has 0 heterocycles. The van der Waals surface area contributed by atoms with Gasteiger partial charge in [0.2, 0.25) is 0 Å². The minimum Gasteiger partial charge on any atom is -0.489 e. The van der Waals surface area contributed by atoms with E-state index < -0.39 is 0 Å². The minimum absolute atomic E-state index is 0.125. The van der Waals surface area contributed by atoms with Gasteiger partial charge >= 0.3 is 0 Å². The van der Waals surface area contributed by atoms with Crippen molar-refractivity contribution >= 4 is 11.6 Å². The first kappa shape index (κ1) is 20.7. The second kappa shape index (κ2) is 11.9. The van der Waals surface area contributed by atoms with Gasteiger partial charge in [0, 0.05) is 12.1 Å². The molecule has 0 atom stereocenters. The number of rotatable bonds is 12. The smallest absolute Gasteiger partial charge is 0.131 e. The van der Waals surface area contributed by atoms with Crippen molar-refractivity contribution in [2.75, 3.05) is 6.54 Å². The molecule has 0 saturated heterocycles. The highest BCUT2D eigenvalue weighted by Gasteiger charge is 2.07. The minimum atomic E-state index is -0.339. The number of unbranched alkanes of at least 4 members (excludes halogenated alkanes) is 5. The zero-order valence-electron chi connectivity index (χ0n) is 15.6. The lowest BCUT2D eigenvalue weighted by Crippen LogP contribution is -2.14. The molecule has 0 aliphatic rings. The van der Waals surface area contributed by atoms with Gasteiger partial charge in [0.25, 0.3) is 0 Å². The molecule has 2 rings (SSSR count). The maximum Gasteiger partial charge on any atom is 0.131 e. The fourth-order valence-corrected chi connectivity index (χ4v) is 3.05. The Morgan fingerprint density at radius 3 is 2.58 bits per heavy atom. The lowest BCUT2D eigenvalue weighted by molar-refractivity contribution is 0.299. The van der Waals surface area contributed by atoms with Gasteiger partial charge in [-0.3, -0.25) is 0 Å². The number of hydrogen-bond donors (Lipinski definition) is 1. The first-order valence-corrected chi connectivity index (χ1v) is 9.94. The van der Waals surface area contributed by atoms with E-state index >= 15 is 0 Å². The van der Waals surface area contributed by atoms with Crippen molar-refractivity contribution in [1.29, 1.82) is 0 Å². The summed E-state index contributed by atoms with van der Waals surface area (Å²) in [6.45, 7) is 4.21. The Morgan fingerprint density at radius 2 is 1.77 bits per heavy atom. The highest BCUT2D eigenvalue weighted by molar-refractivity contribution is 6.31. The topological polar surface area (TPSA) is 21.3 Å². The predicted octanol–water partition coefficient (Wildman–Crippen LogP) is 6.51. The Kier molecular flexibility index (Phi) is 9.51. The summed E-state index contributed by atoms with van der Waals surface area (Å²) in [4.78, 5) is 0. The highest BCUT2D eigenvalue weighted by Crippen LogP contribution is 2.22. The van der Waals surface area contributed by atoms with E-state index in [9.17, 15) is 4.39 Å². The summed E-state index contributed by atoms with van der Waals surface area (Å²) in [6, 6.07) is 12.6. The van der Waals surface area contributed by atoms with Gasteiger partial charge in [0.15, 0.2) is 0 Å². The number of halogens is 2. The Balaban J connectivity index is 1.72. The average molecular weight is 378 g/mol. The van der Waals surface area contributed by atoms with E-state index in [1.807, 2.05) is 18.2 Å². The van der Waals surface area contributed by atoms with E-state index in [1.54, 1.807) is 12.1 Å². The van der Waals surface area contributed by atoms with Crippen LogP contribution in [0, 0.1) is 5.82 Å². The summed E-state index contributed by atoms with van der Waals surface area (Å²) >= 11 is 6.04. The van der Waals surface area contributed by atoms with Crippen LogP contribution in [0.3, 0.4) is 0 Å². The van der Waals surface area contributed by atoms with E-state index in [-0.39, 0.29) is 12.4 Å². The van der Waals surface area contributed by atoms with E-state index in [2.05, 4.69) is 18.3 Å². The Morgan fingerprint density at radius 1 is 1.00 bits per heavy atom. The average Bonchev–Trinajstić information content (AvgIpc) is 2.64. The molecule has 2 aromatic carbocycles. The van der Waals surface area contributed by atoms with E-state index in [1.165, 1.54) is 44.6 Å². The zero-order chi connectivity index (χ0) is 18.6. The summed E-state index contributed by atoms with van der Waals surface area (Å²) in [5.74, 6) is 0.387. The molecule has 0 fully saturated rings. The molecular formula is C22H29ClFNO. The molecule has 0 unspecified atom stereocenters. The normalized spacial score (nSPS) is 10.9. The summed E-state index contributed by atoms with van der Waals surface area (Å²) in [7, 11) is 0. The van der Waals surface area contributed by atoms with Gasteiger partial charge in [-0.15, -0.1) is 0 Å². The van der Waals surface area contributed by atoms with Crippen LogP contribution in [-0.2, 0) is 13.2 Å². The third-order valence-electron chi connectivity index (χ3n) is 4.38. The first-order chi connectivity index (χ1) is 12.7. The molecule has 0 radical (unpaired) electrons. The van der Waals surface area contributed by atoms with Crippen LogP contribution in [-0.4, -0.2) is 6.54 Å². The maximum absolute atomic E-state index is 13.8. The van der Waals surface area contributed by atoms with Gasteiger partial charge in [0.1, 0.15) is 18.2 Å². The molecule has 0 amide bonds. The number of nitrogens with one attached hydrogen (secondary N) is 1. The largest absolute Gasteiger partial charge is 0.489 e. The van der Waals surface area contributed by atoms with Gasteiger partial charge in [-0.05, 0) is 42.8 Å². The molecule has 0 aliphatic carbocycles. The predicted molar refractivity (Wildman–Crippen MR) is 107 cm³/mol. The SMILES string of the molecule is CCCCCCCCNCc1cccc(OCc2c(F)cccc2Cl)c1. The summed E-state index contributed by atoms with van der Waals surface area (Å²) in [6.07, 6.45) is 7.82. The molecule has 0 bridgehead atoms. The monoisotopic (exact) mass is 377 g/mol. The molecule has 0 saturated carbocycles. The molecule has 26 heavy (non-hydrogen) atoms. The van der Waals surface area contributed by atoms with Gasteiger partial charge in [0.05, 0.1) is 5.02 Å². The van der Waals surface area contributed by atoms with Crippen molar-refractivity contribution in [3.63, 3.8) is 0 Å². The summed E-state index contributed by atoms with van der Waals surface area (Å²) < 4.78 is 19.5. The summed E-state index contributed by atoms with van der Waals surface area (Å²) in [5, 5.41) is 3.87. The second-order valence-corrected chi connectivity index (χ2v) is 6.99. The molecule has 4 heteroatoms. The van der Waals surface area contributed by atoms with Crippen LogP contribution < -0.4 is 10.1 Å². The molecule has 0 aliphatic heterocycles. The van der Waals surface area contributed by atoms with Gasteiger partial charge < -0.3 is 10.1 Å². The van der Waals surface area contributed by atoms with Gasteiger partial charge in [-0.2, -0.15) is 0 Å². The zero-order valence-corrected chi connectivity index (χ0v) is 16.3. The molecular weight excluding hydrogens is 349 g/mol. The Labute approximate surface area is 161 Å². The highest BCUT2D eigenvalue weighted by atomic mass is 35.5. The Hall–Kier alpha value is -1.58. The van der Waals surface area contributed by atoms with E-state index in [0.717, 1.165) is 24.4 Å². The first-order valence-electron chi connectivity index (χ1n) is 9.56.